The number of ether oxygens (including phenoxy) is 1. The number of amides is 1. The number of hydrogen-bond donors (Lipinski definition) is 1. The summed E-state index contributed by atoms with van der Waals surface area (Å²) in [4.78, 5) is 27.6. The van der Waals surface area contributed by atoms with Gasteiger partial charge in [-0.25, -0.2) is 4.98 Å². The molecular formula is C15H13N3O3S. The van der Waals surface area contributed by atoms with Crippen molar-refractivity contribution in [2.45, 2.75) is 6.54 Å². The van der Waals surface area contributed by atoms with E-state index in [1.54, 1.807) is 7.11 Å². The average molecular weight is 315 g/mol. The molecule has 0 aliphatic carbocycles. The molecule has 1 aromatic carbocycles. The summed E-state index contributed by atoms with van der Waals surface area (Å²) < 4.78 is 6.87. The van der Waals surface area contributed by atoms with E-state index in [1.165, 1.54) is 22.2 Å². The zero-order chi connectivity index (χ0) is 15.7. The molecule has 2 aromatic heterocycles. The van der Waals surface area contributed by atoms with Crippen molar-refractivity contribution in [2.75, 3.05) is 7.11 Å². The zero-order valence-electron chi connectivity index (χ0n) is 11.8. The number of benzene rings is 1. The third kappa shape index (κ3) is 2.46. The van der Waals surface area contributed by atoms with Crippen LogP contribution >= 0.6 is 11.3 Å². The number of primary amides is 1. The van der Waals surface area contributed by atoms with Gasteiger partial charge in [-0.3, -0.25) is 14.2 Å². The van der Waals surface area contributed by atoms with Gasteiger partial charge in [0.2, 0.25) is 5.91 Å². The third-order valence-corrected chi connectivity index (χ3v) is 4.23. The van der Waals surface area contributed by atoms with Gasteiger partial charge >= 0.3 is 0 Å². The smallest absolute Gasteiger partial charge is 0.271 e. The van der Waals surface area contributed by atoms with E-state index in [-0.39, 0.29) is 12.1 Å². The van der Waals surface area contributed by atoms with Gasteiger partial charge in [0.1, 0.15) is 17.0 Å². The Bertz CT molecular complexity index is 897. The highest BCUT2D eigenvalue weighted by Gasteiger charge is 2.13. The van der Waals surface area contributed by atoms with Gasteiger partial charge < -0.3 is 10.5 Å². The summed E-state index contributed by atoms with van der Waals surface area (Å²) in [7, 11) is 1.61. The zero-order valence-corrected chi connectivity index (χ0v) is 12.6. The number of fused-ring (bicyclic) bond motifs is 1. The lowest BCUT2D eigenvalue weighted by Crippen LogP contribution is -2.27. The second-order valence-corrected chi connectivity index (χ2v) is 5.58. The number of thiophene rings is 1. The molecule has 7 heteroatoms. The first-order valence-corrected chi connectivity index (χ1v) is 7.37. The Morgan fingerprint density at radius 3 is 2.73 bits per heavy atom. The van der Waals surface area contributed by atoms with Crippen molar-refractivity contribution in [3.63, 3.8) is 0 Å². The van der Waals surface area contributed by atoms with Gasteiger partial charge in [0.25, 0.3) is 5.56 Å². The van der Waals surface area contributed by atoms with Crippen LogP contribution in [0.15, 0.2) is 40.8 Å². The van der Waals surface area contributed by atoms with Gasteiger partial charge in [-0.15, -0.1) is 11.3 Å². The van der Waals surface area contributed by atoms with Crippen LogP contribution in [0.5, 0.6) is 5.75 Å². The predicted molar refractivity (Wildman–Crippen MR) is 85.1 cm³/mol. The SMILES string of the molecule is COc1ccc(-c2csc3c(=O)n(CC(N)=O)cnc23)cc1. The van der Waals surface area contributed by atoms with Crippen LogP contribution in [0.4, 0.5) is 0 Å². The maximum atomic E-state index is 12.3. The van der Waals surface area contributed by atoms with Crippen molar-refractivity contribution in [1.82, 2.24) is 9.55 Å². The molecule has 0 aliphatic rings. The topological polar surface area (TPSA) is 87.2 Å². The molecule has 0 atom stereocenters. The van der Waals surface area contributed by atoms with Gasteiger partial charge in [-0.05, 0) is 17.7 Å². The van der Waals surface area contributed by atoms with Crippen molar-refractivity contribution in [2.24, 2.45) is 5.73 Å². The Morgan fingerprint density at radius 2 is 2.09 bits per heavy atom. The molecule has 2 heterocycles. The summed E-state index contributed by atoms with van der Waals surface area (Å²) in [6, 6.07) is 7.54. The van der Waals surface area contributed by atoms with Crippen LogP contribution in [0.25, 0.3) is 21.3 Å². The maximum Gasteiger partial charge on any atom is 0.271 e. The average Bonchev–Trinajstić information content (AvgIpc) is 2.94. The number of rotatable bonds is 4. The van der Waals surface area contributed by atoms with E-state index in [1.807, 2.05) is 29.6 Å². The molecule has 0 aliphatic heterocycles. The van der Waals surface area contributed by atoms with Crippen LogP contribution in [0, 0.1) is 0 Å². The number of carbonyl (C=O) groups is 1. The lowest BCUT2D eigenvalue weighted by molar-refractivity contribution is -0.118. The summed E-state index contributed by atoms with van der Waals surface area (Å²) in [6.07, 6.45) is 1.36. The van der Waals surface area contributed by atoms with Crippen molar-refractivity contribution in [3.8, 4) is 16.9 Å². The Hall–Kier alpha value is -2.67. The summed E-state index contributed by atoms with van der Waals surface area (Å²) in [5.74, 6) is 0.190. The molecule has 112 valence electrons. The minimum absolute atomic E-state index is 0.169. The second-order valence-electron chi connectivity index (χ2n) is 4.70. The fourth-order valence-corrected chi connectivity index (χ4v) is 3.17. The van der Waals surface area contributed by atoms with Crippen molar-refractivity contribution < 1.29 is 9.53 Å². The van der Waals surface area contributed by atoms with Gasteiger partial charge in [0, 0.05) is 10.9 Å². The van der Waals surface area contributed by atoms with E-state index >= 15 is 0 Å². The van der Waals surface area contributed by atoms with Gasteiger partial charge in [0.15, 0.2) is 0 Å². The number of hydrogen-bond acceptors (Lipinski definition) is 5. The first kappa shape index (κ1) is 14.3. The molecule has 0 fully saturated rings. The van der Waals surface area contributed by atoms with Gasteiger partial charge in [-0.2, -0.15) is 0 Å². The third-order valence-electron chi connectivity index (χ3n) is 3.27. The highest BCUT2D eigenvalue weighted by molar-refractivity contribution is 7.17. The minimum atomic E-state index is -0.574. The molecule has 22 heavy (non-hydrogen) atoms. The van der Waals surface area contributed by atoms with Crippen LogP contribution in [0.2, 0.25) is 0 Å². The van der Waals surface area contributed by atoms with Crippen molar-refractivity contribution in [3.05, 3.63) is 46.3 Å². The Kier molecular flexibility index (Phi) is 3.64. The molecule has 0 spiro atoms. The highest BCUT2D eigenvalue weighted by Crippen LogP contribution is 2.31. The van der Waals surface area contributed by atoms with E-state index in [0.29, 0.717) is 10.2 Å². The van der Waals surface area contributed by atoms with E-state index in [4.69, 9.17) is 10.5 Å². The predicted octanol–water partition coefficient (Wildman–Crippen LogP) is 1.62. The van der Waals surface area contributed by atoms with Crippen LogP contribution < -0.4 is 16.0 Å². The molecule has 2 N–H and O–H groups in total. The first-order valence-electron chi connectivity index (χ1n) is 6.49. The fraction of sp³-hybridized carbons (Fsp3) is 0.133. The van der Waals surface area contributed by atoms with Crippen LogP contribution in [0.1, 0.15) is 0 Å². The standard InChI is InChI=1S/C15H13N3O3S/c1-21-10-4-2-9(3-5-10)11-7-22-14-13(11)17-8-18(15(14)20)6-12(16)19/h2-5,7-8H,6H2,1H3,(H2,16,19). The Morgan fingerprint density at radius 1 is 1.36 bits per heavy atom. The normalized spacial score (nSPS) is 10.8. The van der Waals surface area contributed by atoms with Crippen LogP contribution in [-0.4, -0.2) is 22.6 Å². The minimum Gasteiger partial charge on any atom is -0.497 e. The second kappa shape index (κ2) is 5.61. The van der Waals surface area contributed by atoms with E-state index in [9.17, 15) is 9.59 Å². The number of nitrogens with zero attached hydrogens (tertiary/aromatic N) is 2. The van der Waals surface area contributed by atoms with E-state index < -0.39 is 5.91 Å². The van der Waals surface area contributed by atoms with E-state index in [0.717, 1.165) is 16.9 Å². The maximum absolute atomic E-state index is 12.3. The van der Waals surface area contributed by atoms with Crippen LogP contribution in [0.3, 0.4) is 0 Å². The molecule has 6 nitrogen and oxygen atoms in total. The number of carbonyl (C=O) groups excluding carboxylic acids is 1. The number of nitrogens with two attached hydrogens (primary N) is 1. The summed E-state index contributed by atoms with van der Waals surface area (Å²) in [5.41, 5.74) is 7.33. The first-order chi connectivity index (χ1) is 10.6. The largest absolute Gasteiger partial charge is 0.497 e. The molecule has 0 radical (unpaired) electrons. The lowest BCUT2D eigenvalue weighted by Gasteiger charge is -2.04. The van der Waals surface area contributed by atoms with Gasteiger partial charge in [0.05, 0.1) is 19.0 Å². The van der Waals surface area contributed by atoms with Crippen molar-refractivity contribution >= 4 is 27.5 Å². The Balaban J connectivity index is 2.10. The fourth-order valence-electron chi connectivity index (χ4n) is 2.20. The summed E-state index contributed by atoms with van der Waals surface area (Å²) in [5, 5.41) is 1.88. The highest BCUT2D eigenvalue weighted by atomic mass is 32.1. The Labute approximate surface area is 129 Å². The molecular weight excluding hydrogens is 302 g/mol. The van der Waals surface area contributed by atoms with Crippen LogP contribution in [-0.2, 0) is 11.3 Å². The van der Waals surface area contributed by atoms with E-state index in [2.05, 4.69) is 4.98 Å². The number of methoxy groups -OCH3 is 1. The quantitative estimate of drug-likeness (QED) is 0.792. The molecule has 0 unspecified atom stereocenters. The number of aromatic nitrogens is 2. The monoisotopic (exact) mass is 315 g/mol. The summed E-state index contributed by atoms with van der Waals surface area (Å²) >= 11 is 1.31. The molecule has 3 aromatic rings. The molecule has 0 bridgehead atoms. The summed E-state index contributed by atoms with van der Waals surface area (Å²) in [6.45, 7) is -0.169. The molecule has 0 saturated carbocycles. The molecule has 0 saturated heterocycles. The van der Waals surface area contributed by atoms with Crippen molar-refractivity contribution in [1.29, 1.82) is 0 Å². The molecule has 1 amide bonds. The molecule has 3 rings (SSSR count). The lowest BCUT2D eigenvalue weighted by atomic mass is 10.1. The van der Waals surface area contributed by atoms with Gasteiger partial charge in [-0.1, -0.05) is 12.1 Å².